The minimum absolute atomic E-state index is 0.0214. The molecule has 0 N–H and O–H groups in total. The van der Waals surface area contributed by atoms with Gasteiger partial charge in [0.25, 0.3) is 35.4 Å². The van der Waals surface area contributed by atoms with Crippen LogP contribution < -0.4 is 0 Å². The van der Waals surface area contributed by atoms with Gasteiger partial charge in [-0.3, -0.25) is 28.8 Å². The number of hydrogen-bond donors (Lipinski definition) is 0. The molecule has 0 radical (unpaired) electrons. The minimum Gasteiger partial charge on any atom is -0.456 e. The third-order valence-electron chi connectivity index (χ3n) is 16.0. The molecular weight excluding hydrogens is 1140 g/mol. The third kappa shape index (κ3) is 18.7. The van der Waals surface area contributed by atoms with E-state index in [9.17, 15) is 33.6 Å². The lowest BCUT2D eigenvalue weighted by atomic mass is 10.0. The zero-order chi connectivity index (χ0) is 66.4. The summed E-state index contributed by atoms with van der Waals surface area (Å²) in [6.45, 7) is 31.3. The second kappa shape index (κ2) is 31.0. The molecule has 7 rings (SSSR count). The summed E-state index contributed by atoms with van der Waals surface area (Å²) in [5.74, 6) is -1.09. The number of rotatable bonds is 25. The monoisotopic (exact) mass is 1230 g/mol. The van der Waals surface area contributed by atoms with Gasteiger partial charge in [0.2, 0.25) is 0 Å². The van der Waals surface area contributed by atoms with Crippen molar-refractivity contribution < 1.29 is 38.3 Å². The normalized spacial score (nSPS) is 11.5. The summed E-state index contributed by atoms with van der Waals surface area (Å²) >= 11 is 0. The summed E-state index contributed by atoms with van der Waals surface area (Å²) in [5, 5.41) is 0. The van der Waals surface area contributed by atoms with E-state index in [2.05, 4.69) is 0 Å². The minimum atomic E-state index is -0.604. The molecule has 0 saturated heterocycles. The molecule has 0 saturated carbocycles. The van der Waals surface area contributed by atoms with Crippen molar-refractivity contribution in [2.24, 2.45) is 0 Å². The van der Waals surface area contributed by atoms with Gasteiger partial charge in [-0.1, -0.05) is 91.0 Å². The summed E-state index contributed by atoms with van der Waals surface area (Å²) in [5.41, 5.74) is 8.44. The van der Waals surface area contributed by atoms with Gasteiger partial charge in [0, 0.05) is 109 Å². The van der Waals surface area contributed by atoms with Crippen LogP contribution in [0.2, 0.25) is 0 Å². The number of carbonyl (C=O) groups is 7. The van der Waals surface area contributed by atoms with Crippen LogP contribution in [0.4, 0.5) is 0 Å². The zero-order valence-electron chi connectivity index (χ0n) is 55.9. The summed E-state index contributed by atoms with van der Waals surface area (Å²) in [7, 11) is 0. The number of amides is 6. The lowest BCUT2D eigenvalue weighted by Crippen LogP contribution is -2.37. The van der Waals surface area contributed by atoms with E-state index in [1.807, 2.05) is 253 Å². The largest absolute Gasteiger partial charge is 0.456 e. The van der Waals surface area contributed by atoms with Crippen molar-refractivity contribution in [3.05, 3.63) is 248 Å². The molecule has 7 aromatic carbocycles. The molecule has 14 nitrogen and oxygen atoms in total. The van der Waals surface area contributed by atoms with E-state index in [0.717, 1.165) is 33.4 Å². The Morgan fingerprint density at radius 2 is 0.429 bits per heavy atom. The molecule has 91 heavy (non-hydrogen) atoms. The molecule has 0 heterocycles. The zero-order valence-corrected chi connectivity index (χ0v) is 55.9. The Morgan fingerprint density at radius 1 is 0.264 bits per heavy atom. The van der Waals surface area contributed by atoms with Gasteiger partial charge in [0.05, 0.1) is 5.56 Å². The summed E-state index contributed by atoms with van der Waals surface area (Å²) in [4.78, 5) is 107. The van der Waals surface area contributed by atoms with E-state index in [-0.39, 0.29) is 71.7 Å². The highest BCUT2D eigenvalue weighted by Crippen LogP contribution is 2.24. The van der Waals surface area contributed by atoms with Gasteiger partial charge in [-0.15, -0.1) is 0 Å². The van der Waals surface area contributed by atoms with Crippen molar-refractivity contribution in [1.82, 2.24) is 29.4 Å². The fourth-order valence-electron chi connectivity index (χ4n) is 10.5. The topological polar surface area (TPSA) is 148 Å². The molecule has 0 fully saturated rings. The highest BCUT2D eigenvalue weighted by molar-refractivity contribution is 5.98. The predicted molar refractivity (Wildman–Crippen MR) is 360 cm³/mol. The van der Waals surface area contributed by atoms with Crippen LogP contribution in [0.1, 0.15) is 210 Å². The number of carbonyl (C=O) groups excluding carboxylic acids is 7. The number of benzene rings is 7. The number of esters is 1. The predicted octanol–water partition coefficient (Wildman–Crippen LogP) is 14.9. The Labute approximate surface area is 539 Å². The summed E-state index contributed by atoms with van der Waals surface area (Å²) in [6, 6.07) is 52.8. The standard InChI is InChI=1S/C77H92N6O8/c1-51(2)78(70(84)63-19-17-16-18-20-63)45-57-21-33-64(34-22-57)71(85)79(52(3)4)46-58-23-35-65(36-24-58)72(86)80(53(5)6)47-59-25-37-66(38-26-59)73(87)81(54(7)8)48-60-27-39-67(40-28-60)74(88)82(55(9)10)49-61-29-41-68(42-30-61)75(89)83(56(11)12)50-62-31-43-69(44-32-62)76(90)91-77(13,14)15/h16-44,51-56H,45-50H2,1-15H3. The maximum Gasteiger partial charge on any atom is 0.338 e. The van der Waals surface area contributed by atoms with E-state index in [4.69, 9.17) is 4.74 Å². The molecule has 0 aliphatic carbocycles. The van der Waals surface area contributed by atoms with E-state index >= 15 is 0 Å². The fourth-order valence-corrected chi connectivity index (χ4v) is 10.5. The number of hydrogen-bond acceptors (Lipinski definition) is 8. The van der Waals surface area contributed by atoms with Crippen LogP contribution in [0, 0.1) is 0 Å². The van der Waals surface area contributed by atoms with Gasteiger partial charge in [-0.05, 0) is 222 Å². The van der Waals surface area contributed by atoms with Gasteiger partial charge in [-0.25, -0.2) is 4.79 Å². The molecule has 7 aromatic rings. The van der Waals surface area contributed by atoms with Crippen LogP contribution in [0.3, 0.4) is 0 Å². The lowest BCUT2D eigenvalue weighted by molar-refractivity contribution is 0.00684. The fraction of sp³-hybridized carbons (Fsp3) is 0.364. The van der Waals surface area contributed by atoms with Crippen molar-refractivity contribution in [2.75, 3.05) is 0 Å². The first-order valence-electron chi connectivity index (χ1n) is 31.8. The third-order valence-corrected chi connectivity index (χ3v) is 16.0. The molecule has 0 aromatic heterocycles. The quantitative estimate of drug-likeness (QED) is 0.0514. The van der Waals surface area contributed by atoms with E-state index in [0.29, 0.717) is 78.2 Å². The van der Waals surface area contributed by atoms with E-state index in [1.165, 1.54) is 0 Å². The number of ether oxygens (including phenoxy) is 1. The molecule has 0 aliphatic rings. The van der Waals surface area contributed by atoms with Gasteiger partial charge in [0.1, 0.15) is 5.60 Å². The molecule has 6 amide bonds. The second-order valence-electron chi connectivity index (χ2n) is 26.2. The van der Waals surface area contributed by atoms with E-state index in [1.54, 1.807) is 56.0 Å². The molecule has 0 atom stereocenters. The van der Waals surface area contributed by atoms with Crippen molar-refractivity contribution in [3.8, 4) is 0 Å². The van der Waals surface area contributed by atoms with Crippen LogP contribution in [0.15, 0.2) is 176 Å². The van der Waals surface area contributed by atoms with Crippen LogP contribution in [0.5, 0.6) is 0 Å². The Morgan fingerprint density at radius 3 is 0.593 bits per heavy atom. The highest BCUT2D eigenvalue weighted by Gasteiger charge is 2.27. The first-order valence-corrected chi connectivity index (χ1v) is 31.8. The van der Waals surface area contributed by atoms with Gasteiger partial charge >= 0.3 is 5.97 Å². The second-order valence-corrected chi connectivity index (χ2v) is 26.2. The Bertz CT molecular complexity index is 3590. The first kappa shape index (κ1) is 69.3. The molecule has 0 bridgehead atoms. The average Bonchev–Trinajstić information content (AvgIpc) is 2.26. The van der Waals surface area contributed by atoms with Gasteiger partial charge in [-0.2, -0.15) is 0 Å². The maximum atomic E-state index is 14.2. The van der Waals surface area contributed by atoms with Crippen molar-refractivity contribution in [2.45, 2.75) is 185 Å². The van der Waals surface area contributed by atoms with Gasteiger partial charge < -0.3 is 34.1 Å². The molecule has 0 spiro atoms. The molecule has 14 heteroatoms. The van der Waals surface area contributed by atoms with Crippen molar-refractivity contribution in [1.29, 1.82) is 0 Å². The first-order chi connectivity index (χ1) is 43.1. The lowest BCUT2D eigenvalue weighted by Gasteiger charge is -2.29. The van der Waals surface area contributed by atoms with E-state index < -0.39 is 11.6 Å². The summed E-state index contributed by atoms with van der Waals surface area (Å²) in [6.07, 6.45) is 0. The number of nitrogens with zero attached hydrogens (tertiary/aromatic N) is 6. The molecular formula is C77H92N6O8. The van der Waals surface area contributed by atoms with Crippen molar-refractivity contribution >= 4 is 41.4 Å². The Balaban J connectivity index is 0.923. The molecule has 0 aliphatic heterocycles. The maximum absolute atomic E-state index is 14.2. The summed E-state index contributed by atoms with van der Waals surface area (Å²) < 4.78 is 5.50. The average molecular weight is 1230 g/mol. The molecule has 0 unspecified atom stereocenters. The molecule has 478 valence electrons. The van der Waals surface area contributed by atoms with Crippen LogP contribution in [-0.4, -0.2) is 113 Å². The van der Waals surface area contributed by atoms with Gasteiger partial charge in [0.15, 0.2) is 0 Å². The van der Waals surface area contributed by atoms with Crippen LogP contribution >= 0.6 is 0 Å². The Kier molecular flexibility index (Phi) is 23.6. The highest BCUT2D eigenvalue weighted by atomic mass is 16.6. The smallest absolute Gasteiger partial charge is 0.338 e. The van der Waals surface area contributed by atoms with Crippen molar-refractivity contribution in [3.63, 3.8) is 0 Å². The van der Waals surface area contributed by atoms with Crippen LogP contribution in [-0.2, 0) is 44.0 Å². The Hall–Kier alpha value is -9.17. The van der Waals surface area contributed by atoms with Crippen LogP contribution in [0.25, 0.3) is 0 Å². The SMILES string of the molecule is CC(C)N(Cc1ccc(C(=O)N(Cc2ccc(C(=O)N(Cc3ccc(C(=O)N(Cc4ccc(C(=O)N(Cc5ccc(C(=O)N(Cc6ccc(C(=O)OC(C)(C)C)cc6)C(C)C)cc5)C(C)C)cc4)C(C)C)cc3)C(C)C)cc2)C(C)C)cc1)C(=O)c1ccccc1.